The van der Waals surface area contributed by atoms with Crippen LogP contribution in [0.5, 0.6) is 5.75 Å². The number of hydrogen-bond acceptors (Lipinski definition) is 5. The minimum atomic E-state index is -3.65. The molecule has 1 aliphatic rings. The Morgan fingerprint density at radius 1 is 1.16 bits per heavy atom. The number of benzene rings is 2. The number of hydrogen-bond donors (Lipinski definition) is 1. The Labute approximate surface area is 183 Å². The summed E-state index contributed by atoms with van der Waals surface area (Å²) in [6.45, 7) is 4.85. The summed E-state index contributed by atoms with van der Waals surface area (Å²) in [5.74, 6) is 5.06. The Morgan fingerprint density at radius 3 is 2.45 bits per heavy atom. The molecule has 0 radical (unpaired) electrons. The maximum Gasteiger partial charge on any atom is 0.320 e. The third kappa shape index (κ3) is 5.66. The summed E-state index contributed by atoms with van der Waals surface area (Å²) in [5.41, 5.74) is 2.15. The first-order valence-corrected chi connectivity index (χ1v) is 11.7. The van der Waals surface area contributed by atoms with Gasteiger partial charge in [-0.1, -0.05) is 35.7 Å². The van der Waals surface area contributed by atoms with Crippen molar-refractivity contribution in [3.05, 3.63) is 59.7 Å². The van der Waals surface area contributed by atoms with Gasteiger partial charge >= 0.3 is 5.97 Å². The predicted molar refractivity (Wildman–Crippen MR) is 119 cm³/mol. The van der Waals surface area contributed by atoms with E-state index in [-0.39, 0.29) is 17.9 Å². The number of carboxylic acids is 1. The standard InChI is InChI=1S/C24H27NO5S/c1-3-4-15-30-20-9-11-21(12-10-20)31(28,29)22-13-14-25(23(16-22)24(26)27)17-19-7-5-18(2)6-8-19/h5-12,22-23H,13-17H2,1-2H3,(H,26,27). The van der Waals surface area contributed by atoms with Gasteiger partial charge in [-0.2, -0.15) is 0 Å². The molecular formula is C24H27NO5S. The van der Waals surface area contributed by atoms with Crippen LogP contribution in [0.1, 0.15) is 30.9 Å². The van der Waals surface area contributed by atoms with Gasteiger partial charge in [-0.05, 0) is 56.5 Å². The topological polar surface area (TPSA) is 83.9 Å². The van der Waals surface area contributed by atoms with Crippen molar-refractivity contribution in [2.45, 2.75) is 49.4 Å². The van der Waals surface area contributed by atoms with Crippen molar-refractivity contribution in [2.75, 3.05) is 13.2 Å². The molecular weight excluding hydrogens is 414 g/mol. The van der Waals surface area contributed by atoms with Gasteiger partial charge in [0.05, 0.1) is 10.1 Å². The maximum atomic E-state index is 13.2. The van der Waals surface area contributed by atoms with E-state index in [1.165, 1.54) is 12.1 Å². The molecule has 6 nitrogen and oxygen atoms in total. The number of nitrogens with zero attached hydrogens (tertiary/aromatic N) is 1. The summed E-state index contributed by atoms with van der Waals surface area (Å²) in [6.07, 6.45) is 0.455. The number of likely N-dealkylation sites (tertiary alicyclic amines) is 1. The quantitative estimate of drug-likeness (QED) is 0.664. The highest BCUT2D eigenvalue weighted by Gasteiger charge is 2.39. The van der Waals surface area contributed by atoms with Gasteiger partial charge in [0.1, 0.15) is 18.4 Å². The van der Waals surface area contributed by atoms with E-state index in [1.54, 1.807) is 19.1 Å². The molecule has 3 rings (SSSR count). The molecule has 0 amide bonds. The Morgan fingerprint density at radius 2 is 1.84 bits per heavy atom. The second-order valence-electron chi connectivity index (χ2n) is 7.69. The zero-order valence-electron chi connectivity index (χ0n) is 17.7. The van der Waals surface area contributed by atoms with Gasteiger partial charge in [0.2, 0.25) is 0 Å². The lowest BCUT2D eigenvalue weighted by molar-refractivity contribution is -0.144. The number of ether oxygens (including phenoxy) is 1. The van der Waals surface area contributed by atoms with Crippen LogP contribution in [0.3, 0.4) is 0 Å². The lowest BCUT2D eigenvalue weighted by Crippen LogP contribution is -2.49. The molecule has 31 heavy (non-hydrogen) atoms. The summed E-state index contributed by atoms with van der Waals surface area (Å²) in [6, 6.07) is 13.3. The normalized spacial score (nSPS) is 19.3. The average Bonchev–Trinajstić information content (AvgIpc) is 2.76. The van der Waals surface area contributed by atoms with Crippen LogP contribution in [-0.2, 0) is 21.2 Å². The van der Waals surface area contributed by atoms with Gasteiger partial charge in [0, 0.05) is 13.1 Å². The highest BCUT2D eigenvalue weighted by molar-refractivity contribution is 7.92. The lowest BCUT2D eigenvalue weighted by atomic mass is 10.0. The number of rotatable bonds is 7. The number of aryl methyl sites for hydroxylation is 1. The first-order valence-electron chi connectivity index (χ1n) is 10.2. The number of carbonyl (C=O) groups is 1. The van der Waals surface area contributed by atoms with Crippen molar-refractivity contribution in [1.29, 1.82) is 0 Å². The molecule has 2 unspecified atom stereocenters. The minimum Gasteiger partial charge on any atom is -0.481 e. The molecule has 2 aromatic carbocycles. The smallest absolute Gasteiger partial charge is 0.320 e. The van der Waals surface area contributed by atoms with Crippen molar-refractivity contribution in [3.8, 4) is 17.6 Å². The second-order valence-corrected chi connectivity index (χ2v) is 9.92. The fraction of sp³-hybridized carbons (Fsp3) is 0.375. The van der Waals surface area contributed by atoms with E-state index in [2.05, 4.69) is 11.8 Å². The van der Waals surface area contributed by atoms with Crippen molar-refractivity contribution < 1.29 is 23.1 Å². The zero-order valence-corrected chi connectivity index (χ0v) is 18.6. The molecule has 2 aromatic rings. The Hall–Kier alpha value is -2.82. The summed E-state index contributed by atoms with van der Waals surface area (Å²) in [5, 5.41) is 9.02. The Balaban J connectivity index is 1.72. The largest absolute Gasteiger partial charge is 0.481 e. The third-order valence-electron chi connectivity index (χ3n) is 5.54. The van der Waals surface area contributed by atoms with E-state index in [1.807, 2.05) is 36.1 Å². The molecule has 1 N–H and O–H groups in total. The summed E-state index contributed by atoms with van der Waals surface area (Å²) in [7, 11) is -3.65. The molecule has 1 saturated heterocycles. The van der Waals surface area contributed by atoms with Crippen molar-refractivity contribution in [1.82, 2.24) is 4.90 Å². The number of carboxylic acid groups (broad SMARTS) is 1. The summed E-state index contributed by atoms with van der Waals surface area (Å²) >= 11 is 0. The molecule has 0 saturated carbocycles. The summed E-state index contributed by atoms with van der Waals surface area (Å²) in [4.78, 5) is 14.0. The van der Waals surface area contributed by atoms with Gasteiger partial charge in [-0.15, -0.1) is 5.92 Å². The van der Waals surface area contributed by atoms with Gasteiger partial charge in [-0.3, -0.25) is 9.69 Å². The van der Waals surface area contributed by atoms with Crippen LogP contribution < -0.4 is 4.74 Å². The van der Waals surface area contributed by atoms with Crippen LogP contribution in [0.4, 0.5) is 0 Å². The van der Waals surface area contributed by atoms with E-state index < -0.39 is 27.1 Å². The lowest BCUT2D eigenvalue weighted by Gasteiger charge is -2.36. The second kappa shape index (κ2) is 9.99. The molecule has 1 aliphatic heterocycles. The monoisotopic (exact) mass is 441 g/mol. The Kier molecular flexibility index (Phi) is 7.37. The molecule has 1 heterocycles. The van der Waals surface area contributed by atoms with Gasteiger partial charge in [0.15, 0.2) is 9.84 Å². The van der Waals surface area contributed by atoms with E-state index in [0.717, 1.165) is 11.1 Å². The number of aliphatic carboxylic acids is 1. The number of piperidine rings is 1. The maximum absolute atomic E-state index is 13.2. The van der Waals surface area contributed by atoms with Crippen molar-refractivity contribution >= 4 is 15.8 Å². The highest BCUT2D eigenvalue weighted by Crippen LogP contribution is 2.30. The van der Waals surface area contributed by atoms with Crippen LogP contribution in [0.25, 0.3) is 0 Å². The van der Waals surface area contributed by atoms with E-state index >= 15 is 0 Å². The van der Waals surface area contributed by atoms with Crippen LogP contribution in [0, 0.1) is 18.8 Å². The minimum absolute atomic E-state index is 0.0634. The molecule has 7 heteroatoms. The SMILES string of the molecule is CC#CCOc1ccc(S(=O)(=O)C2CCN(Cc3ccc(C)cc3)C(C(=O)O)C2)cc1. The molecule has 1 fully saturated rings. The third-order valence-corrected chi connectivity index (χ3v) is 7.77. The van der Waals surface area contributed by atoms with Gasteiger partial charge in [0.25, 0.3) is 0 Å². The molecule has 0 bridgehead atoms. The fourth-order valence-corrected chi connectivity index (χ4v) is 5.50. The van der Waals surface area contributed by atoms with Crippen LogP contribution in [0.2, 0.25) is 0 Å². The molecule has 0 spiro atoms. The molecule has 0 aromatic heterocycles. The molecule has 0 aliphatic carbocycles. The van der Waals surface area contributed by atoms with Crippen LogP contribution in [0.15, 0.2) is 53.4 Å². The van der Waals surface area contributed by atoms with Crippen LogP contribution >= 0.6 is 0 Å². The van der Waals surface area contributed by atoms with Crippen molar-refractivity contribution in [2.24, 2.45) is 0 Å². The molecule has 164 valence electrons. The highest BCUT2D eigenvalue weighted by atomic mass is 32.2. The molecule has 2 atom stereocenters. The average molecular weight is 442 g/mol. The first kappa shape index (κ1) is 22.9. The van der Waals surface area contributed by atoms with Crippen LogP contribution in [-0.4, -0.2) is 48.8 Å². The van der Waals surface area contributed by atoms with Gasteiger partial charge < -0.3 is 9.84 Å². The first-order chi connectivity index (χ1) is 14.8. The van der Waals surface area contributed by atoms with E-state index in [0.29, 0.717) is 25.3 Å². The summed E-state index contributed by atoms with van der Waals surface area (Å²) < 4.78 is 31.7. The van der Waals surface area contributed by atoms with E-state index in [4.69, 9.17) is 4.74 Å². The van der Waals surface area contributed by atoms with Crippen molar-refractivity contribution in [3.63, 3.8) is 0 Å². The predicted octanol–water partition coefficient (Wildman–Crippen LogP) is 3.29. The zero-order chi connectivity index (χ0) is 22.4. The number of sulfone groups is 1. The van der Waals surface area contributed by atoms with E-state index in [9.17, 15) is 18.3 Å². The fourth-order valence-electron chi connectivity index (χ4n) is 3.75. The van der Waals surface area contributed by atoms with Gasteiger partial charge in [-0.25, -0.2) is 8.42 Å². The Bertz CT molecular complexity index is 1070.